The number of fused-ring (bicyclic) bond motifs is 1. The Morgan fingerprint density at radius 2 is 1.78 bits per heavy atom. The third-order valence-electron chi connectivity index (χ3n) is 7.29. The molecule has 2 aromatic carbocycles. The van der Waals surface area contributed by atoms with E-state index < -0.39 is 22.6 Å². The van der Waals surface area contributed by atoms with Crippen molar-refractivity contribution in [1.82, 2.24) is 9.47 Å². The zero-order chi connectivity index (χ0) is 29.5. The van der Waals surface area contributed by atoms with Gasteiger partial charge in [-0.1, -0.05) is 18.4 Å². The normalized spacial score (nSPS) is 15.0. The zero-order valence-electron chi connectivity index (χ0n) is 23.3. The Kier molecular flexibility index (Phi) is 10.2. The number of nitrogens with one attached hydrogen (secondary N) is 2. The predicted octanol–water partition coefficient (Wildman–Crippen LogP) is 5.08. The molecular formula is C30H38F3N5O2S. The Labute approximate surface area is 240 Å². The molecule has 0 bridgehead atoms. The largest absolute Gasteiger partial charge is 0.406 e. The monoisotopic (exact) mass is 589 g/mol. The molecule has 1 saturated heterocycles. The molecule has 0 radical (unpaired) electrons. The second-order valence-electron chi connectivity index (χ2n) is 10.5. The SMILES string of the molecule is CS(=O)(=O)c1ccc(NCC#Cc2cc3c(NC4CCN(CCCCCN)CC4)cccc3n2CC(F)(F)F)cc1. The van der Waals surface area contributed by atoms with E-state index in [9.17, 15) is 21.6 Å². The number of hydrogen-bond donors (Lipinski definition) is 3. The highest BCUT2D eigenvalue weighted by Crippen LogP contribution is 2.31. The van der Waals surface area contributed by atoms with Gasteiger partial charge in [0.1, 0.15) is 6.54 Å². The first-order chi connectivity index (χ1) is 19.5. The van der Waals surface area contributed by atoms with Crippen LogP contribution in [0.1, 0.15) is 37.8 Å². The van der Waals surface area contributed by atoms with Crippen molar-refractivity contribution < 1.29 is 21.6 Å². The molecule has 0 saturated carbocycles. The molecule has 0 amide bonds. The maximum absolute atomic E-state index is 13.5. The molecule has 11 heteroatoms. The lowest BCUT2D eigenvalue weighted by atomic mass is 10.0. The van der Waals surface area contributed by atoms with Crippen LogP contribution in [0.25, 0.3) is 10.9 Å². The number of hydrogen-bond acceptors (Lipinski definition) is 6. The topological polar surface area (TPSA) is 92.4 Å². The molecule has 1 fully saturated rings. The smallest absolute Gasteiger partial charge is 0.382 e. The van der Waals surface area contributed by atoms with Crippen LogP contribution in [0.2, 0.25) is 0 Å². The molecule has 7 nitrogen and oxygen atoms in total. The van der Waals surface area contributed by atoms with Gasteiger partial charge in [-0.05, 0) is 87.2 Å². The van der Waals surface area contributed by atoms with Gasteiger partial charge in [0.2, 0.25) is 0 Å². The highest BCUT2D eigenvalue weighted by atomic mass is 32.2. The van der Waals surface area contributed by atoms with Crippen LogP contribution in [0, 0.1) is 11.8 Å². The molecule has 0 atom stereocenters. The molecule has 222 valence electrons. The van der Waals surface area contributed by atoms with Crippen LogP contribution in [0.5, 0.6) is 0 Å². The van der Waals surface area contributed by atoms with Crippen LogP contribution in [-0.4, -0.2) is 69.1 Å². The molecule has 41 heavy (non-hydrogen) atoms. The first kappa shape index (κ1) is 30.8. The molecule has 0 unspecified atom stereocenters. The van der Waals surface area contributed by atoms with Gasteiger partial charge in [-0.15, -0.1) is 0 Å². The van der Waals surface area contributed by atoms with Crippen molar-refractivity contribution in [2.24, 2.45) is 5.73 Å². The summed E-state index contributed by atoms with van der Waals surface area (Å²) in [6.07, 6.45) is 2.03. The van der Waals surface area contributed by atoms with E-state index in [0.29, 0.717) is 11.2 Å². The van der Waals surface area contributed by atoms with E-state index in [2.05, 4.69) is 27.4 Å². The van der Waals surface area contributed by atoms with Crippen molar-refractivity contribution in [3.63, 3.8) is 0 Å². The van der Waals surface area contributed by atoms with Gasteiger partial charge in [0.05, 0.1) is 22.7 Å². The van der Waals surface area contributed by atoms with Crippen molar-refractivity contribution in [2.45, 2.75) is 55.8 Å². The quantitative estimate of drug-likeness (QED) is 0.214. The zero-order valence-corrected chi connectivity index (χ0v) is 24.1. The number of anilines is 2. The molecule has 4 N–H and O–H groups in total. The van der Waals surface area contributed by atoms with E-state index in [0.717, 1.165) is 75.6 Å². The number of piperidine rings is 1. The number of unbranched alkanes of at least 4 members (excludes halogenated alkanes) is 2. The maximum Gasteiger partial charge on any atom is 0.406 e. The molecule has 0 spiro atoms. The highest BCUT2D eigenvalue weighted by Gasteiger charge is 2.30. The van der Waals surface area contributed by atoms with E-state index >= 15 is 0 Å². The lowest BCUT2D eigenvalue weighted by Crippen LogP contribution is -2.39. The number of nitrogens with zero attached hydrogens (tertiary/aromatic N) is 2. The minimum Gasteiger partial charge on any atom is -0.382 e. The minimum atomic E-state index is -4.40. The van der Waals surface area contributed by atoms with Gasteiger partial charge in [0, 0.05) is 42.1 Å². The van der Waals surface area contributed by atoms with Gasteiger partial charge in [0.25, 0.3) is 0 Å². The van der Waals surface area contributed by atoms with Crippen molar-refractivity contribution in [3.8, 4) is 11.8 Å². The van der Waals surface area contributed by atoms with E-state index in [1.165, 1.54) is 16.7 Å². The number of aromatic nitrogens is 1. The number of alkyl halides is 3. The predicted molar refractivity (Wildman–Crippen MR) is 159 cm³/mol. The second-order valence-corrected chi connectivity index (χ2v) is 12.5. The van der Waals surface area contributed by atoms with Crippen molar-refractivity contribution in [1.29, 1.82) is 0 Å². The number of halogens is 3. The number of likely N-dealkylation sites (tertiary alicyclic amines) is 1. The first-order valence-corrected chi connectivity index (χ1v) is 15.8. The number of rotatable bonds is 11. The Bertz CT molecular complexity index is 1470. The van der Waals surface area contributed by atoms with E-state index in [-0.39, 0.29) is 23.2 Å². The second kappa shape index (κ2) is 13.6. The summed E-state index contributed by atoms with van der Waals surface area (Å²) in [6.45, 7) is 2.84. The summed E-state index contributed by atoms with van der Waals surface area (Å²) in [5, 5.41) is 7.37. The summed E-state index contributed by atoms with van der Waals surface area (Å²) >= 11 is 0. The van der Waals surface area contributed by atoms with Crippen molar-refractivity contribution in [2.75, 3.05) is 49.6 Å². The summed E-state index contributed by atoms with van der Waals surface area (Å²) in [7, 11) is -3.30. The fourth-order valence-corrected chi connectivity index (χ4v) is 5.77. The van der Waals surface area contributed by atoms with Gasteiger partial charge >= 0.3 is 6.18 Å². The number of sulfone groups is 1. The van der Waals surface area contributed by atoms with Crippen LogP contribution in [0.15, 0.2) is 53.4 Å². The van der Waals surface area contributed by atoms with Crippen LogP contribution in [0.3, 0.4) is 0 Å². The molecule has 1 aliphatic rings. The van der Waals surface area contributed by atoms with Crippen LogP contribution < -0.4 is 16.4 Å². The summed E-state index contributed by atoms with van der Waals surface area (Å²) < 4.78 is 65.1. The van der Waals surface area contributed by atoms with Gasteiger partial charge in [-0.25, -0.2) is 8.42 Å². The number of nitrogens with two attached hydrogens (primary N) is 1. The van der Waals surface area contributed by atoms with Crippen molar-refractivity contribution in [3.05, 3.63) is 54.2 Å². The van der Waals surface area contributed by atoms with Crippen molar-refractivity contribution >= 4 is 32.1 Å². The summed E-state index contributed by atoms with van der Waals surface area (Å²) in [4.78, 5) is 2.68. The molecule has 1 aliphatic heterocycles. The van der Waals surface area contributed by atoms with Gasteiger partial charge in [-0.3, -0.25) is 0 Å². The van der Waals surface area contributed by atoms with E-state index in [1.54, 1.807) is 30.3 Å². The molecule has 4 rings (SSSR count). The summed E-state index contributed by atoms with van der Waals surface area (Å²) in [6, 6.07) is 13.6. The Balaban J connectivity index is 1.46. The summed E-state index contributed by atoms with van der Waals surface area (Å²) in [5.74, 6) is 5.82. The maximum atomic E-state index is 13.5. The lowest BCUT2D eigenvalue weighted by molar-refractivity contribution is -0.140. The Hall–Kier alpha value is -3.20. The summed E-state index contributed by atoms with van der Waals surface area (Å²) in [5.41, 5.74) is 7.83. The van der Waals surface area contributed by atoms with E-state index in [4.69, 9.17) is 5.73 Å². The Morgan fingerprint density at radius 1 is 1.05 bits per heavy atom. The van der Waals surface area contributed by atoms with Gasteiger partial charge in [0.15, 0.2) is 9.84 Å². The number of benzene rings is 2. The van der Waals surface area contributed by atoms with Crippen LogP contribution >= 0.6 is 0 Å². The average molecular weight is 590 g/mol. The first-order valence-electron chi connectivity index (χ1n) is 13.9. The average Bonchev–Trinajstić information content (AvgIpc) is 3.26. The van der Waals surface area contributed by atoms with Crippen LogP contribution in [0.4, 0.5) is 24.5 Å². The van der Waals surface area contributed by atoms with E-state index in [1.807, 2.05) is 6.07 Å². The molecule has 1 aromatic heterocycles. The Morgan fingerprint density at radius 3 is 2.44 bits per heavy atom. The van der Waals surface area contributed by atoms with Gasteiger partial charge in [-0.2, -0.15) is 13.2 Å². The standard InChI is InChI=1S/C30H38F3N5O2S/c1-41(39,40)26-12-10-23(11-13-26)35-17-6-7-25-21-27-28(8-5-9-29(27)38(25)22-30(31,32)33)36-24-14-19-37(20-15-24)18-4-2-3-16-34/h5,8-13,21,24,35-36H,2-4,14-20,22,34H2,1H3. The fraction of sp³-hybridized carbons (Fsp3) is 0.467. The molecule has 2 heterocycles. The fourth-order valence-electron chi connectivity index (χ4n) is 5.14. The van der Waals surface area contributed by atoms with Crippen LogP contribution in [-0.2, 0) is 16.4 Å². The molecular weight excluding hydrogens is 551 g/mol. The molecule has 0 aliphatic carbocycles. The third kappa shape index (κ3) is 8.89. The third-order valence-corrected chi connectivity index (χ3v) is 8.42. The minimum absolute atomic E-state index is 0.182. The van der Waals surface area contributed by atoms with Gasteiger partial charge < -0.3 is 25.8 Å². The highest BCUT2D eigenvalue weighted by molar-refractivity contribution is 7.90. The lowest BCUT2D eigenvalue weighted by Gasteiger charge is -2.33. The molecule has 3 aromatic rings.